The first-order valence-electron chi connectivity index (χ1n) is 10.6. The quantitative estimate of drug-likeness (QED) is 0.312. The van der Waals surface area contributed by atoms with Crippen molar-refractivity contribution in [3.63, 3.8) is 0 Å². The fourth-order valence-electron chi connectivity index (χ4n) is 3.69. The zero-order valence-electron chi connectivity index (χ0n) is 18.6. The summed E-state index contributed by atoms with van der Waals surface area (Å²) in [5.74, 6) is -2.06. The summed E-state index contributed by atoms with van der Waals surface area (Å²) in [6.45, 7) is 3.20. The molecule has 0 radical (unpaired) electrons. The molecular formula is C25H20ClF4N3O2. The fourth-order valence-corrected chi connectivity index (χ4v) is 3.80. The van der Waals surface area contributed by atoms with Crippen molar-refractivity contribution >= 4 is 28.4 Å². The second kappa shape index (κ2) is 9.58. The van der Waals surface area contributed by atoms with E-state index in [1.807, 2.05) is 5.32 Å². The van der Waals surface area contributed by atoms with Crippen molar-refractivity contribution in [3.05, 3.63) is 88.8 Å². The van der Waals surface area contributed by atoms with Crippen LogP contribution in [0.25, 0.3) is 16.6 Å². The average Bonchev–Trinajstić information content (AvgIpc) is 3.22. The lowest BCUT2D eigenvalue weighted by Gasteiger charge is -2.27. The van der Waals surface area contributed by atoms with Gasteiger partial charge >= 0.3 is 12.1 Å². The molecule has 10 heteroatoms. The van der Waals surface area contributed by atoms with E-state index >= 15 is 0 Å². The predicted octanol–water partition coefficient (Wildman–Crippen LogP) is 6.31. The van der Waals surface area contributed by atoms with E-state index in [1.54, 1.807) is 66.3 Å². The molecule has 5 nitrogen and oxygen atoms in total. The summed E-state index contributed by atoms with van der Waals surface area (Å²) in [6, 6.07) is 14.9. The molecule has 0 aliphatic rings. The summed E-state index contributed by atoms with van der Waals surface area (Å²) < 4.78 is 59.6. The van der Waals surface area contributed by atoms with Crippen LogP contribution in [0.2, 0.25) is 5.02 Å². The van der Waals surface area contributed by atoms with Gasteiger partial charge in [0.2, 0.25) is 0 Å². The lowest BCUT2D eigenvalue weighted by Crippen LogP contribution is -2.45. The van der Waals surface area contributed by atoms with E-state index in [9.17, 15) is 22.4 Å². The highest BCUT2D eigenvalue weighted by Gasteiger charge is 2.40. The Morgan fingerprint density at radius 3 is 2.46 bits per heavy atom. The highest BCUT2D eigenvalue weighted by atomic mass is 35.5. The summed E-state index contributed by atoms with van der Waals surface area (Å²) in [5, 5.41) is 7.50. The number of ether oxygens (including phenoxy) is 1. The summed E-state index contributed by atoms with van der Waals surface area (Å²) in [7, 11) is 0. The molecule has 0 aliphatic heterocycles. The minimum atomic E-state index is -5.03. The number of amides is 1. The van der Waals surface area contributed by atoms with Gasteiger partial charge in [0, 0.05) is 10.4 Å². The SMILES string of the molecule is Cc1cc([C@H](Oc2ccc3c(cnn3-c3ccc(F)cc3)c2)[C@H](C)NC(=O)C(F)(F)F)ccc1Cl. The number of benzene rings is 3. The monoisotopic (exact) mass is 505 g/mol. The molecule has 0 spiro atoms. The molecule has 0 fully saturated rings. The minimum absolute atomic E-state index is 0.363. The van der Waals surface area contributed by atoms with Crippen molar-refractivity contribution in [3.8, 4) is 11.4 Å². The Morgan fingerprint density at radius 1 is 1.09 bits per heavy atom. The summed E-state index contributed by atoms with van der Waals surface area (Å²) in [4.78, 5) is 11.6. The van der Waals surface area contributed by atoms with Crippen molar-refractivity contribution in [1.82, 2.24) is 15.1 Å². The van der Waals surface area contributed by atoms with Crippen LogP contribution in [0.1, 0.15) is 24.2 Å². The van der Waals surface area contributed by atoms with Gasteiger partial charge in [0.15, 0.2) is 0 Å². The minimum Gasteiger partial charge on any atom is -0.484 e. The van der Waals surface area contributed by atoms with Crippen LogP contribution in [0.3, 0.4) is 0 Å². The molecule has 0 unspecified atom stereocenters. The van der Waals surface area contributed by atoms with Crippen LogP contribution in [-0.4, -0.2) is 27.9 Å². The maximum Gasteiger partial charge on any atom is 0.471 e. The first-order valence-corrected chi connectivity index (χ1v) is 10.9. The molecule has 35 heavy (non-hydrogen) atoms. The lowest BCUT2D eigenvalue weighted by atomic mass is 10.0. The molecule has 3 aromatic carbocycles. The normalized spacial score (nSPS) is 13.5. The third-order valence-corrected chi connectivity index (χ3v) is 5.88. The lowest BCUT2D eigenvalue weighted by molar-refractivity contribution is -0.174. The average molecular weight is 506 g/mol. The van der Waals surface area contributed by atoms with E-state index in [0.717, 1.165) is 5.52 Å². The zero-order valence-corrected chi connectivity index (χ0v) is 19.4. The van der Waals surface area contributed by atoms with Crippen LogP contribution in [0.4, 0.5) is 17.6 Å². The number of halogens is 5. The van der Waals surface area contributed by atoms with Gasteiger partial charge in [0.05, 0.1) is 23.4 Å². The largest absolute Gasteiger partial charge is 0.484 e. The fraction of sp³-hybridized carbons (Fsp3) is 0.200. The van der Waals surface area contributed by atoms with Gasteiger partial charge < -0.3 is 10.1 Å². The molecule has 1 amide bonds. The number of carbonyl (C=O) groups is 1. The summed E-state index contributed by atoms with van der Waals surface area (Å²) in [5.41, 5.74) is 2.64. The molecule has 0 bridgehead atoms. The highest BCUT2D eigenvalue weighted by molar-refractivity contribution is 6.31. The number of nitrogens with zero attached hydrogens (tertiary/aromatic N) is 2. The van der Waals surface area contributed by atoms with Crippen LogP contribution < -0.4 is 10.1 Å². The second-order valence-electron chi connectivity index (χ2n) is 8.06. The number of nitrogens with one attached hydrogen (secondary N) is 1. The van der Waals surface area contributed by atoms with E-state index in [1.165, 1.54) is 19.1 Å². The maximum absolute atomic E-state index is 13.3. The van der Waals surface area contributed by atoms with Crippen molar-refractivity contribution in [2.24, 2.45) is 0 Å². The number of hydrogen-bond acceptors (Lipinski definition) is 3. The molecule has 0 saturated carbocycles. The van der Waals surface area contributed by atoms with Gasteiger partial charge in [-0.25, -0.2) is 9.07 Å². The molecule has 0 saturated heterocycles. The van der Waals surface area contributed by atoms with E-state index in [4.69, 9.17) is 16.3 Å². The second-order valence-corrected chi connectivity index (χ2v) is 8.47. The van der Waals surface area contributed by atoms with Crippen molar-refractivity contribution in [2.45, 2.75) is 32.2 Å². The van der Waals surface area contributed by atoms with Gasteiger partial charge in [-0.1, -0.05) is 23.7 Å². The molecule has 2 atom stereocenters. The van der Waals surface area contributed by atoms with Gasteiger partial charge in [-0.05, 0) is 73.5 Å². The van der Waals surface area contributed by atoms with E-state index < -0.39 is 24.2 Å². The Kier molecular flexibility index (Phi) is 6.71. The predicted molar refractivity (Wildman–Crippen MR) is 124 cm³/mol. The van der Waals surface area contributed by atoms with Crippen LogP contribution in [-0.2, 0) is 4.79 Å². The van der Waals surface area contributed by atoms with Crippen molar-refractivity contribution in [1.29, 1.82) is 0 Å². The molecular weight excluding hydrogens is 486 g/mol. The molecule has 4 aromatic rings. The topological polar surface area (TPSA) is 56.1 Å². The number of carbonyl (C=O) groups excluding carboxylic acids is 1. The van der Waals surface area contributed by atoms with Crippen molar-refractivity contribution in [2.75, 3.05) is 0 Å². The summed E-state index contributed by atoms with van der Waals surface area (Å²) >= 11 is 6.11. The van der Waals surface area contributed by atoms with Gasteiger partial charge in [0.25, 0.3) is 0 Å². The van der Waals surface area contributed by atoms with Gasteiger partial charge in [0.1, 0.15) is 17.7 Å². The van der Waals surface area contributed by atoms with Gasteiger partial charge in [-0.15, -0.1) is 0 Å². The van der Waals surface area contributed by atoms with Crippen LogP contribution in [0, 0.1) is 12.7 Å². The Bertz CT molecular complexity index is 1370. The Labute approximate surface area is 203 Å². The number of fused-ring (bicyclic) bond motifs is 1. The van der Waals surface area contributed by atoms with Crippen LogP contribution in [0.15, 0.2) is 66.9 Å². The Hall–Kier alpha value is -3.59. The van der Waals surface area contributed by atoms with Crippen LogP contribution >= 0.6 is 11.6 Å². The van der Waals surface area contributed by atoms with Gasteiger partial charge in [-0.3, -0.25) is 4.79 Å². The molecule has 182 valence electrons. The highest BCUT2D eigenvalue weighted by Crippen LogP contribution is 2.31. The Morgan fingerprint density at radius 2 is 1.80 bits per heavy atom. The van der Waals surface area contributed by atoms with Gasteiger partial charge in [-0.2, -0.15) is 18.3 Å². The van der Waals surface area contributed by atoms with E-state index in [-0.39, 0.29) is 5.82 Å². The van der Waals surface area contributed by atoms with Crippen molar-refractivity contribution < 1.29 is 27.1 Å². The van der Waals surface area contributed by atoms with E-state index in [2.05, 4.69) is 5.10 Å². The first-order chi connectivity index (χ1) is 16.5. The standard InChI is InChI=1S/C25H20ClF4N3O2/c1-14-11-16(3-9-21(14)26)23(15(2)32-24(34)25(28,29)30)35-20-8-10-22-17(12-20)13-31-33(22)19-6-4-18(27)5-7-19/h3-13,15,23H,1-2H3,(H,32,34)/t15-,23+/m0/s1. The molecule has 4 rings (SSSR count). The third-order valence-electron chi connectivity index (χ3n) is 5.45. The Balaban J connectivity index is 1.66. The third kappa shape index (κ3) is 5.40. The number of aryl methyl sites for hydroxylation is 1. The number of aromatic nitrogens is 2. The molecule has 1 heterocycles. The first kappa shape index (κ1) is 24.5. The van der Waals surface area contributed by atoms with E-state index in [0.29, 0.717) is 33.0 Å². The molecule has 0 aliphatic carbocycles. The van der Waals surface area contributed by atoms with Crippen LogP contribution in [0.5, 0.6) is 5.75 Å². The summed E-state index contributed by atoms with van der Waals surface area (Å²) in [6.07, 6.45) is -4.37. The number of alkyl halides is 3. The molecule has 1 N–H and O–H groups in total. The molecule has 1 aromatic heterocycles. The zero-order chi connectivity index (χ0) is 25.3. The smallest absolute Gasteiger partial charge is 0.471 e. The number of rotatable bonds is 6. The number of hydrogen-bond donors (Lipinski definition) is 1. The maximum atomic E-state index is 13.3.